The van der Waals surface area contributed by atoms with Crippen molar-refractivity contribution < 1.29 is 4.74 Å². The second-order valence-electron chi connectivity index (χ2n) is 3.88. The van der Waals surface area contributed by atoms with E-state index in [0.717, 1.165) is 15.8 Å². The molecule has 0 atom stereocenters. The number of benzene rings is 1. The molecule has 4 nitrogen and oxygen atoms in total. The third kappa shape index (κ3) is 2.40. The zero-order valence-corrected chi connectivity index (χ0v) is 11.4. The van der Waals surface area contributed by atoms with E-state index in [1.54, 1.807) is 12.1 Å². The van der Waals surface area contributed by atoms with Gasteiger partial charge in [0.05, 0.1) is 10.5 Å². The molecule has 1 aromatic carbocycles. The average molecular weight is 292 g/mol. The van der Waals surface area contributed by atoms with Gasteiger partial charge in [-0.15, -0.1) is 11.3 Å². The molecule has 6 heteroatoms. The Balaban J connectivity index is 1.99. The molecule has 96 valence electrons. The highest BCUT2D eigenvalue weighted by Crippen LogP contribution is 2.34. The van der Waals surface area contributed by atoms with Crippen LogP contribution >= 0.6 is 22.9 Å². The van der Waals surface area contributed by atoms with Crippen LogP contribution in [0.15, 0.2) is 36.0 Å². The minimum atomic E-state index is 0.447. The summed E-state index contributed by atoms with van der Waals surface area (Å²) >= 11 is 7.70. The molecule has 0 aliphatic heterocycles. The van der Waals surface area contributed by atoms with Crippen molar-refractivity contribution in [2.24, 2.45) is 5.73 Å². The van der Waals surface area contributed by atoms with Crippen LogP contribution in [0, 0.1) is 0 Å². The van der Waals surface area contributed by atoms with Crippen molar-refractivity contribution in [3.8, 4) is 11.6 Å². The second kappa shape index (κ2) is 5.13. The molecule has 0 radical (unpaired) electrons. The predicted molar refractivity (Wildman–Crippen MR) is 76.8 cm³/mol. The number of hydrogen-bond acceptors (Lipinski definition) is 5. The normalized spacial score (nSPS) is 10.8. The van der Waals surface area contributed by atoms with Crippen LogP contribution in [-0.2, 0) is 6.54 Å². The highest BCUT2D eigenvalue weighted by molar-refractivity contribution is 7.17. The van der Waals surface area contributed by atoms with Gasteiger partial charge in [-0.3, -0.25) is 0 Å². The van der Waals surface area contributed by atoms with E-state index in [9.17, 15) is 0 Å². The lowest BCUT2D eigenvalue weighted by Crippen LogP contribution is -1.96. The monoisotopic (exact) mass is 291 g/mol. The lowest BCUT2D eigenvalue weighted by molar-refractivity contribution is 0.469. The van der Waals surface area contributed by atoms with E-state index in [4.69, 9.17) is 22.1 Å². The summed E-state index contributed by atoms with van der Waals surface area (Å²) in [5, 5.41) is 2.47. The maximum Gasteiger partial charge on any atom is 0.240 e. The third-order valence-electron chi connectivity index (χ3n) is 2.65. The summed E-state index contributed by atoms with van der Waals surface area (Å²) < 4.78 is 6.67. The Labute approximate surface area is 118 Å². The van der Waals surface area contributed by atoms with E-state index in [1.165, 1.54) is 17.7 Å². The zero-order valence-electron chi connectivity index (χ0n) is 9.84. The molecule has 2 N–H and O–H groups in total. The molecule has 0 unspecified atom stereocenters. The topological polar surface area (TPSA) is 61.0 Å². The van der Waals surface area contributed by atoms with E-state index in [0.29, 0.717) is 23.2 Å². The standard InChI is InChI=1S/C13H10ClN3OS/c14-9-5-8(6-15)1-2-11(9)18-13-12-10(3-4-19-12)16-7-17-13/h1-5,7H,6,15H2. The molecular formula is C13H10ClN3OS. The molecule has 0 amide bonds. The molecule has 0 fully saturated rings. The first-order chi connectivity index (χ1) is 9.28. The predicted octanol–water partition coefficient (Wildman–Crippen LogP) is 3.60. The molecule has 19 heavy (non-hydrogen) atoms. The van der Waals surface area contributed by atoms with Gasteiger partial charge < -0.3 is 10.5 Å². The molecule has 2 aromatic heterocycles. The van der Waals surface area contributed by atoms with Crippen molar-refractivity contribution in [2.45, 2.75) is 6.54 Å². The van der Waals surface area contributed by atoms with Gasteiger partial charge in [-0.1, -0.05) is 17.7 Å². The van der Waals surface area contributed by atoms with Gasteiger partial charge in [-0.2, -0.15) is 0 Å². The van der Waals surface area contributed by atoms with Crippen molar-refractivity contribution in [2.75, 3.05) is 0 Å². The number of rotatable bonds is 3. The SMILES string of the molecule is NCc1ccc(Oc2ncnc3ccsc23)c(Cl)c1. The second-order valence-corrected chi connectivity index (χ2v) is 5.21. The summed E-state index contributed by atoms with van der Waals surface area (Å²) in [5.74, 6) is 1.08. The number of nitrogens with zero attached hydrogens (tertiary/aromatic N) is 2. The summed E-state index contributed by atoms with van der Waals surface area (Å²) in [6.07, 6.45) is 1.48. The van der Waals surface area contributed by atoms with Gasteiger partial charge in [0.2, 0.25) is 5.88 Å². The van der Waals surface area contributed by atoms with Crippen LogP contribution in [0.1, 0.15) is 5.56 Å². The van der Waals surface area contributed by atoms with Gasteiger partial charge in [0, 0.05) is 6.54 Å². The number of ether oxygens (including phenoxy) is 1. The molecule has 0 aliphatic rings. The number of aromatic nitrogens is 2. The fourth-order valence-electron chi connectivity index (χ4n) is 1.70. The van der Waals surface area contributed by atoms with Crippen LogP contribution in [0.5, 0.6) is 11.6 Å². The summed E-state index contributed by atoms with van der Waals surface area (Å²) in [5.41, 5.74) is 7.39. The summed E-state index contributed by atoms with van der Waals surface area (Å²) in [6, 6.07) is 7.40. The van der Waals surface area contributed by atoms with Crippen LogP contribution < -0.4 is 10.5 Å². The Morgan fingerprint density at radius 2 is 2.16 bits per heavy atom. The van der Waals surface area contributed by atoms with Crippen LogP contribution in [0.25, 0.3) is 10.2 Å². The third-order valence-corrected chi connectivity index (χ3v) is 3.84. The van der Waals surface area contributed by atoms with Crippen molar-refractivity contribution in [3.05, 3.63) is 46.6 Å². The Morgan fingerprint density at radius 3 is 2.95 bits per heavy atom. The fraction of sp³-hybridized carbons (Fsp3) is 0.0769. The van der Waals surface area contributed by atoms with Crippen molar-refractivity contribution in [1.29, 1.82) is 0 Å². The molecule has 3 rings (SSSR count). The highest BCUT2D eigenvalue weighted by Gasteiger charge is 2.10. The van der Waals surface area contributed by atoms with Gasteiger partial charge in [-0.05, 0) is 29.1 Å². The van der Waals surface area contributed by atoms with Crippen molar-refractivity contribution >= 4 is 33.2 Å². The molecule has 0 aliphatic carbocycles. The summed E-state index contributed by atoms with van der Waals surface area (Å²) in [6.45, 7) is 0.447. The molecular weight excluding hydrogens is 282 g/mol. The maximum atomic E-state index is 6.16. The number of nitrogens with two attached hydrogens (primary N) is 1. The van der Waals surface area contributed by atoms with Crippen molar-refractivity contribution in [3.63, 3.8) is 0 Å². The van der Waals surface area contributed by atoms with Crippen LogP contribution in [0.4, 0.5) is 0 Å². The number of fused-ring (bicyclic) bond motifs is 1. The minimum Gasteiger partial charge on any atom is -0.436 e. The fourth-order valence-corrected chi connectivity index (χ4v) is 2.71. The maximum absolute atomic E-state index is 6.16. The average Bonchev–Trinajstić information content (AvgIpc) is 2.90. The van der Waals surface area contributed by atoms with Crippen molar-refractivity contribution in [1.82, 2.24) is 9.97 Å². The summed E-state index contributed by atoms with van der Waals surface area (Å²) in [4.78, 5) is 8.31. The Morgan fingerprint density at radius 1 is 1.26 bits per heavy atom. The summed E-state index contributed by atoms with van der Waals surface area (Å²) in [7, 11) is 0. The smallest absolute Gasteiger partial charge is 0.240 e. The van der Waals surface area contributed by atoms with E-state index < -0.39 is 0 Å². The van der Waals surface area contributed by atoms with E-state index in [1.807, 2.05) is 17.5 Å². The quantitative estimate of drug-likeness (QED) is 0.801. The van der Waals surface area contributed by atoms with E-state index >= 15 is 0 Å². The number of thiophene rings is 1. The van der Waals surface area contributed by atoms with Gasteiger partial charge >= 0.3 is 0 Å². The Hall–Kier alpha value is -1.69. The van der Waals surface area contributed by atoms with E-state index in [2.05, 4.69) is 9.97 Å². The van der Waals surface area contributed by atoms with Crippen LogP contribution in [-0.4, -0.2) is 9.97 Å². The Bertz CT molecular complexity index is 729. The lowest BCUT2D eigenvalue weighted by atomic mass is 10.2. The highest BCUT2D eigenvalue weighted by atomic mass is 35.5. The van der Waals surface area contributed by atoms with Crippen LogP contribution in [0.2, 0.25) is 5.02 Å². The number of halogens is 1. The van der Waals surface area contributed by atoms with Crippen LogP contribution in [0.3, 0.4) is 0 Å². The number of hydrogen-bond donors (Lipinski definition) is 1. The van der Waals surface area contributed by atoms with Gasteiger partial charge in [0.25, 0.3) is 0 Å². The largest absolute Gasteiger partial charge is 0.436 e. The zero-order chi connectivity index (χ0) is 13.2. The molecule has 3 aromatic rings. The van der Waals surface area contributed by atoms with E-state index in [-0.39, 0.29) is 0 Å². The molecule has 0 saturated heterocycles. The molecule has 0 spiro atoms. The molecule has 2 heterocycles. The van der Waals surface area contributed by atoms with Gasteiger partial charge in [0.1, 0.15) is 16.8 Å². The molecule has 0 saturated carbocycles. The first-order valence-electron chi connectivity index (χ1n) is 5.62. The van der Waals surface area contributed by atoms with Gasteiger partial charge in [-0.25, -0.2) is 9.97 Å². The lowest BCUT2D eigenvalue weighted by Gasteiger charge is -2.08. The molecule has 0 bridgehead atoms. The first-order valence-corrected chi connectivity index (χ1v) is 6.88. The first kappa shape index (κ1) is 12.3. The minimum absolute atomic E-state index is 0.447. The van der Waals surface area contributed by atoms with Gasteiger partial charge in [0.15, 0.2) is 0 Å². The Kier molecular flexibility index (Phi) is 3.33.